The van der Waals surface area contributed by atoms with Gasteiger partial charge in [0.1, 0.15) is 5.75 Å². The lowest BCUT2D eigenvalue weighted by Crippen LogP contribution is -2.53. The van der Waals surface area contributed by atoms with Crippen molar-refractivity contribution >= 4 is 11.8 Å². The van der Waals surface area contributed by atoms with E-state index < -0.39 is 0 Å². The highest BCUT2D eigenvalue weighted by Gasteiger charge is 2.51. The molecule has 0 atom stereocenters. The first-order valence-corrected chi connectivity index (χ1v) is 10.9. The van der Waals surface area contributed by atoms with E-state index in [0.717, 1.165) is 17.8 Å². The third kappa shape index (κ3) is 3.19. The highest BCUT2D eigenvalue weighted by molar-refractivity contribution is 5.97. The molecule has 0 spiro atoms. The van der Waals surface area contributed by atoms with Crippen LogP contribution in [0.3, 0.4) is 0 Å². The maximum atomic E-state index is 13.1. The standard InChI is InChI=1S/C23H30N2O3/c26-20-4-2-1-3-19(20)22(28)25-7-5-24(6-8-25)21(27)15-23-12-16-9-17(13-23)11-18(10-16)14-23/h1-4,16-18,26H,5-15H2. The molecule has 1 aliphatic heterocycles. The third-order valence-corrected chi connectivity index (χ3v) is 7.75. The lowest BCUT2D eigenvalue weighted by Gasteiger charge is -2.57. The Kier molecular flexibility index (Phi) is 4.37. The predicted molar refractivity (Wildman–Crippen MR) is 106 cm³/mol. The number of piperazine rings is 1. The Bertz CT molecular complexity index is 747. The molecule has 6 rings (SSSR count). The minimum absolute atomic E-state index is 0.0211. The largest absolute Gasteiger partial charge is 0.507 e. The number of phenols is 1. The van der Waals surface area contributed by atoms with Crippen molar-refractivity contribution in [1.29, 1.82) is 0 Å². The summed E-state index contributed by atoms with van der Waals surface area (Å²) in [7, 11) is 0. The normalized spacial score (nSPS) is 33.9. The van der Waals surface area contributed by atoms with E-state index in [1.54, 1.807) is 29.2 Å². The van der Waals surface area contributed by atoms with Crippen LogP contribution in [0, 0.1) is 23.2 Å². The van der Waals surface area contributed by atoms with Crippen molar-refractivity contribution in [2.75, 3.05) is 26.2 Å². The Morgan fingerprint density at radius 3 is 2.00 bits per heavy atom. The van der Waals surface area contributed by atoms with Crippen molar-refractivity contribution in [1.82, 2.24) is 9.80 Å². The first kappa shape index (κ1) is 18.0. The van der Waals surface area contributed by atoms with E-state index in [-0.39, 0.29) is 23.0 Å². The zero-order valence-electron chi connectivity index (χ0n) is 16.5. The molecule has 4 aliphatic carbocycles. The fourth-order valence-corrected chi connectivity index (χ4v) is 6.92. The van der Waals surface area contributed by atoms with E-state index in [1.807, 2.05) is 4.90 Å². The maximum absolute atomic E-state index is 13.1. The Labute approximate surface area is 166 Å². The van der Waals surface area contributed by atoms with Crippen LogP contribution in [0.5, 0.6) is 5.75 Å². The van der Waals surface area contributed by atoms with Gasteiger partial charge in [-0.15, -0.1) is 0 Å². The van der Waals surface area contributed by atoms with Gasteiger partial charge in [0.25, 0.3) is 5.91 Å². The van der Waals surface area contributed by atoms with Gasteiger partial charge in [0.05, 0.1) is 5.56 Å². The quantitative estimate of drug-likeness (QED) is 0.873. The molecule has 150 valence electrons. The summed E-state index contributed by atoms with van der Waals surface area (Å²) in [5.74, 6) is 2.77. The molecule has 1 heterocycles. The van der Waals surface area contributed by atoms with Crippen LogP contribution in [0.25, 0.3) is 0 Å². The molecule has 0 unspecified atom stereocenters. The van der Waals surface area contributed by atoms with Gasteiger partial charge >= 0.3 is 0 Å². The molecule has 5 fully saturated rings. The molecule has 4 saturated carbocycles. The smallest absolute Gasteiger partial charge is 0.257 e. The molecule has 1 N–H and O–H groups in total. The van der Waals surface area contributed by atoms with Gasteiger partial charge in [-0.2, -0.15) is 0 Å². The van der Waals surface area contributed by atoms with Crippen molar-refractivity contribution in [3.05, 3.63) is 29.8 Å². The van der Waals surface area contributed by atoms with Crippen molar-refractivity contribution in [2.24, 2.45) is 23.2 Å². The summed E-state index contributed by atoms with van der Waals surface area (Å²) in [5, 5.41) is 9.93. The summed E-state index contributed by atoms with van der Waals surface area (Å²) in [5.41, 5.74) is 0.616. The summed E-state index contributed by atoms with van der Waals surface area (Å²) >= 11 is 0. The number of amides is 2. The van der Waals surface area contributed by atoms with Crippen LogP contribution in [0.15, 0.2) is 24.3 Å². The molecular weight excluding hydrogens is 352 g/mol. The van der Waals surface area contributed by atoms with Crippen LogP contribution in [-0.4, -0.2) is 52.9 Å². The highest BCUT2D eigenvalue weighted by Crippen LogP contribution is 2.61. The van der Waals surface area contributed by atoms with Gasteiger partial charge in [0.15, 0.2) is 0 Å². The molecule has 5 nitrogen and oxygen atoms in total. The predicted octanol–water partition coefficient (Wildman–Crippen LogP) is 3.28. The van der Waals surface area contributed by atoms with E-state index in [0.29, 0.717) is 38.2 Å². The molecule has 5 aliphatic rings. The molecule has 0 aromatic heterocycles. The number of benzene rings is 1. The van der Waals surface area contributed by atoms with Crippen LogP contribution in [0.1, 0.15) is 55.3 Å². The lowest BCUT2D eigenvalue weighted by atomic mass is 9.49. The van der Waals surface area contributed by atoms with Crippen LogP contribution in [-0.2, 0) is 4.79 Å². The van der Waals surface area contributed by atoms with Crippen LogP contribution in [0.2, 0.25) is 0 Å². The Balaban J connectivity index is 1.19. The second kappa shape index (κ2) is 6.78. The minimum Gasteiger partial charge on any atom is -0.507 e. The van der Waals surface area contributed by atoms with Gasteiger partial charge in [0, 0.05) is 32.6 Å². The maximum Gasteiger partial charge on any atom is 0.257 e. The summed E-state index contributed by atoms with van der Waals surface area (Å²) in [6.07, 6.45) is 8.70. The second-order valence-electron chi connectivity index (χ2n) is 9.78. The molecule has 1 aromatic rings. The van der Waals surface area contributed by atoms with E-state index in [2.05, 4.69) is 0 Å². The molecule has 4 bridgehead atoms. The zero-order valence-corrected chi connectivity index (χ0v) is 16.5. The molecule has 1 saturated heterocycles. The minimum atomic E-state index is -0.147. The summed E-state index contributed by atoms with van der Waals surface area (Å²) in [4.78, 5) is 29.4. The van der Waals surface area contributed by atoms with Gasteiger partial charge in [-0.25, -0.2) is 0 Å². The van der Waals surface area contributed by atoms with Gasteiger partial charge < -0.3 is 14.9 Å². The molecule has 1 aromatic carbocycles. The fourth-order valence-electron chi connectivity index (χ4n) is 6.92. The number of aromatic hydroxyl groups is 1. The molecule has 28 heavy (non-hydrogen) atoms. The average molecular weight is 383 g/mol. The Morgan fingerprint density at radius 2 is 1.43 bits per heavy atom. The van der Waals surface area contributed by atoms with Crippen molar-refractivity contribution < 1.29 is 14.7 Å². The van der Waals surface area contributed by atoms with Gasteiger partial charge in [-0.05, 0) is 73.8 Å². The number of hydrogen-bond acceptors (Lipinski definition) is 3. The lowest BCUT2D eigenvalue weighted by molar-refractivity contribution is -0.141. The second-order valence-corrected chi connectivity index (χ2v) is 9.78. The number of phenolic OH excluding ortho intramolecular Hbond substituents is 1. The zero-order chi connectivity index (χ0) is 19.3. The number of hydrogen-bond donors (Lipinski definition) is 1. The summed E-state index contributed by atoms with van der Waals surface area (Å²) in [6.45, 7) is 2.29. The number of rotatable bonds is 3. The summed E-state index contributed by atoms with van der Waals surface area (Å²) in [6, 6.07) is 6.67. The number of carbonyl (C=O) groups excluding carboxylic acids is 2. The van der Waals surface area contributed by atoms with Crippen molar-refractivity contribution in [2.45, 2.75) is 44.9 Å². The molecular formula is C23H30N2O3. The average Bonchev–Trinajstić information content (AvgIpc) is 2.66. The van der Waals surface area contributed by atoms with Crippen LogP contribution in [0.4, 0.5) is 0 Å². The first-order chi connectivity index (χ1) is 13.5. The third-order valence-electron chi connectivity index (χ3n) is 7.75. The van der Waals surface area contributed by atoms with E-state index >= 15 is 0 Å². The highest BCUT2D eigenvalue weighted by atomic mass is 16.3. The van der Waals surface area contributed by atoms with Gasteiger partial charge in [0.2, 0.25) is 5.91 Å². The molecule has 2 amide bonds. The first-order valence-electron chi connectivity index (χ1n) is 10.9. The topological polar surface area (TPSA) is 60.9 Å². The van der Waals surface area contributed by atoms with Crippen LogP contribution >= 0.6 is 0 Å². The molecule has 0 radical (unpaired) electrons. The van der Waals surface area contributed by atoms with Gasteiger partial charge in [-0.1, -0.05) is 12.1 Å². The van der Waals surface area contributed by atoms with E-state index in [9.17, 15) is 14.7 Å². The van der Waals surface area contributed by atoms with E-state index in [1.165, 1.54) is 38.5 Å². The summed E-state index contributed by atoms with van der Waals surface area (Å²) < 4.78 is 0. The van der Waals surface area contributed by atoms with E-state index in [4.69, 9.17) is 0 Å². The Hall–Kier alpha value is -2.04. The van der Waals surface area contributed by atoms with Crippen molar-refractivity contribution in [3.8, 4) is 5.75 Å². The van der Waals surface area contributed by atoms with Crippen LogP contribution < -0.4 is 0 Å². The van der Waals surface area contributed by atoms with Gasteiger partial charge in [-0.3, -0.25) is 9.59 Å². The molecule has 5 heteroatoms. The number of nitrogens with zero attached hydrogens (tertiary/aromatic N) is 2. The monoisotopic (exact) mass is 382 g/mol. The fraction of sp³-hybridized carbons (Fsp3) is 0.652. The number of para-hydroxylation sites is 1. The SMILES string of the molecule is O=C(CC12CC3CC(CC(C3)C1)C2)N1CCN(C(=O)c2ccccc2O)CC1. The van der Waals surface area contributed by atoms with Crippen molar-refractivity contribution in [3.63, 3.8) is 0 Å². The Morgan fingerprint density at radius 1 is 0.893 bits per heavy atom. The number of carbonyl (C=O) groups is 2.